The van der Waals surface area contributed by atoms with Crippen molar-refractivity contribution in [2.45, 2.75) is 32.9 Å². The van der Waals surface area contributed by atoms with Crippen LogP contribution in [0.5, 0.6) is 5.75 Å². The van der Waals surface area contributed by atoms with Crippen LogP contribution < -0.4 is 4.74 Å². The normalized spacial score (nSPS) is 16.7. The Labute approximate surface area is 172 Å². The van der Waals surface area contributed by atoms with E-state index in [1.54, 1.807) is 36.4 Å². The van der Waals surface area contributed by atoms with Gasteiger partial charge in [0.25, 0.3) is 11.1 Å². The van der Waals surface area contributed by atoms with Gasteiger partial charge in [0.1, 0.15) is 11.6 Å². The van der Waals surface area contributed by atoms with Gasteiger partial charge in [-0.25, -0.2) is 4.39 Å². The molecule has 0 aliphatic carbocycles. The van der Waals surface area contributed by atoms with Crippen LogP contribution in [0, 0.1) is 5.82 Å². The summed E-state index contributed by atoms with van der Waals surface area (Å²) in [6.07, 6.45) is 2.54. The van der Waals surface area contributed by atoms with E-state index >= 15 is 0 Å². The van der Waals surface area contributed by atoms with Crippen molar-refractivity contribution in [3.05, 3.63) is 69.3 Å². The first kappa shape index (κ1) is 20.4. The van der Waals surface area contributed by atoms with Crippen LogP contribution in [0.3, 0.4) is 0 Å². The van der Waals surface area contributed by atoms with Crippen LogP contribution in [0.25, 0.3) is 6.08 Å². The molecule has 146 valence electrons. The fourth-order valence-corrected chi connectivity index (χ4v) is 3.63. The predicted molar refractivity (Wildman–Crippen MR) is 110 cm³/mol. The van der Waals surface area contributed by atoms with E-state index in [2.05, 4.69) is 0 Å². The third kappa shape index (κ3) is 4.75. The van der Waals surface area contributed by atoms with Crippen LogP contribution in [-0.2, 0) is 11.3 Å². The van der Waals surface area contributed by atoms with Crippen LogP contribution in [0.2, 0.25) is 5.02 Å². The van der Waals surface area contributed by atoms with E-state index in [1.807, 2.05) is 13.8 Å². The molecule has 0 aromatic heterocycles. The highest BCUT2D eigenvalue weighted by atomic mass is 35.5. The van der Waals surface area contributed by atoms with Gasteiger partial charge in [0, 0.05) is 0 Å². The number of benzene rings is 2. The average molecular weight is 420 g/mol. The summed E-state index contributed by atoms with van der Waals surface area (Å²) in [6.45, 7) is 4.08. The van der Waals surface area contributed by atoms with Crippen molar-refractivity contribution >= 4 is 40.6 Å². The highest BCUT2D eigenvalue weighted by Gasteiger charge is 2.35. The standard InChI is InChI=1S/C21H19ClFNO3S/c1-3-13(2)27-18-9-6-15(10-17(18)22)11-19-20(25)24(21(26)28-19)12-14-4-7-16(23)8-5-14/h4-11,13H,3,12H2,1-2H3/b19-11-/t13-/m1/s1. The first-order valence-corrected chi connectivity index (χ1v) is 10.0. The topological polar surface area (TPSA) is 46.6 Å². The van der Waals surface area contributed by atoms with E-state index in [0.29, 0.717) is 26.8 Å². The Kier molecular flexibility index (Phi) is 6.42. The lowest BCUT2D eigenvalue weighted by Crippen LogP contribution is -2.27. The molecule has 4 nitrogen and oxygen atoms in total. The minimum absolute atomic E-state index is 0.0475. The first-order valence-electron chi connectivity index (χ1n) is 8.83. The summed E-state index contributed by atoms with van der Waals surface area (Å²) in [7, 11) is 0. The summed E-state index contributed by atoms with van der Waals surface area (Å²) in [5.41, 5.74) is 1.38. The molecule has 1 aliphatic rings. The van der Waals surface area contributed by atoms with E-state index in [0.717, 1.165) is 23.1 Å². The maximum atomic E-state index is 13.0. The molecule has 0 N–H and O–H groups in total. The second-order valence-electron chi connectivity index (χ2n) is 6.42. The van der Waals surface area contributed by atoms with Gasteiger partial charge >= 0.3 is 0 Å². The second-order valence-corrected chi connectivity index (χ2v) is 7.82. The largest absolute Gasteiger partial charge is 0.489 e. The molecule has 2 amide bonds. The maximum absolute atomic E-state index is 13.0. The molecule has 0 bridgehead atoms. The quantitative estimate of drug-likeness (QED) is 0.547. The number of hydrogen-bond acceptors (Lipinski definition) is 4. The van der Waals surface area contributed by atoms with E-state index in [1.165, 1.54) is 12.1 Å². The van der Waals surface area contributed by atoms with Gasteiger partial charge in [-0.15, -0.1) is 0 Å². The molecule has 1 heterocycles. The molecule has 1 saturated heterocycles. The van der Waals surface area contributed by atoms with Gasteiger partial charge in [-0.05, 0) is 66.6 Å². The van der Waals surface area contributed by atoms with Crippen LogP contribution in [0.15, 0.2) is 47.4 Å². The lowest BCUT2D eigenvalue weighted by molar-refractivity contribution is -0.123. The number of carbonyl (C=O) groups is 2. The fraction of sp³-hybridized carbons (Fsp3) is 0.238. The van der Waals surface area contributed by atoms with Gasteiger partial charge in [-0.1, -0.05) is 36.7 Å². The molecule has 28 heavy (non-hydrogen) atoms. The number of carbonyl (C=O) groups excluding carboxylic acids is 2. The number of hydrogen-bond donors (Lipinski definition) is 0. The van der Waals surface area contributed by atoms with E-state index in [4.69, 9.17) is 16.3 Å². The fourth-order valence-electron chi connectivity index (χ4n) is 2.56. The van der Waals surface area contributed by atoms with E-state index in [-0.39, 0.29) is 29.6 Å². The number of imide groups is 1. The van der Waals surface area contributed by atoms with Gasteiger partial charge < -0.3 is 4.74 Å². The molecule has 1 fully saturated rings. The van der Waals surface area contributed by atoms with Crippen molar-refractivity contribution in [3.63, 3.8) is 0 Å². The molecule has 1 atom stereocenters. The molecule has 0 radical (unpaired) electrons. The number of rotatable bonds is 6. The van der Waals surface area contributed by atoms with Gasteiger partial charge in [0.05, 0.1) is 22.6 Å². The van der Waals surface area contributed by atoms with Crippen LogP contribution in [-0.4, -0.2) is 22.2 Å². The second kappa shape index (κ2) is 8.80. The number of amides is 2. The zero-order chi connectivity index (χ0) is 20.3. The average Bonchev–Trinajstić information content (AvgIpc) is 2.93. The number of ether oxygens (including phenoxy) is 1. The molecule has 7 heteroatoms. The van der Waals surface area contributed by atoms with Crippen molar-refractivity contribution in [2.24, 2.45) is 0 Å². The first-order chi connectivity index (χ1) is 13.4. The zero-order valence-electron chi connectivity index (χ0n) is 15.4. The van der Waals surface area contributed by atoms with Crippen LogP contribution in [0.1, 0.15) is 31.4 Å². The number of halogens is 2. The molecular weight excluding hydrogens is 401 g/mol. The molecule has 0 spiro atoms. The summed E-state index contributed by atoms with van der Waals surface area (Å²) in [5, 5.41) is 0.0861. The highest BCUT2D eigenvalue weighted by molar-refractivity contribution is 8.18. The summed E-state index contributed by atoms with van der Waals surface area (Å²) in [5.74, 6) is -0.164. The minimum atomic E-state index is -0.379. The third-order valence-corrected chi connectivity index (χ3v) is 5.49. The Balaban J connectivity index is 1.76. The monoisotopic (exact) mass is 419 g/mol. The van der Waals surface area contributed by atoms with Gasteiger partial charge in [-0.3, -0.25) is 14.5 Å². The highest BCUT2D eigenvalue weighted by Crippen LogP contribution is 2.34. The number of nitrogens with zero attached hydrogens (tertiary/aromatic N) is 1. The summed E-state index contributed by atoms with van der Waals surface area (Å²) in [4.78, 5) is 26.3. The van der Waals surface area contributed by atoms with Crippen molar-refractivity contribution in [3.8, 4) is 5.75 Å². The summed E-state index contributed by atoms with van der Waals surface area (Å²) < 4.78 is 18.8. The van der Waals surface area contributed by atoms with Crippen LogP contribution >= 0.6 is 23.4 Å². The molecule has 0 saturated carbocycles. The molecule has 3 rings (SSSR count). The minimum Gasteiger partial charge on any atom is -0.489 e. The van der Waals surface area contributed by atoms with Gasteiger partial charge in [0.15, 0.2) is 0 Å². The Morgan fingerprint density at radius 1 is 1.21 bits per heavy atom. The maximum Gasteiger partial charge on any atom is 0.293 e. The predicted octanol–water partition coefficient (Wildman–Crippen LogP) is 5.89. The lowest BCUT2D eigenvalue weighted by atomic mass is 10.2. The molecule has 1 aliphatic heterocycles. The molecular formula is C21H19ClFNO3S. The van der Waals surface area contributed by atoms with Gasteiger partial charge in [0.2, 0.25) is 0 Å². The Bertz CT molecular complexity index is 930. The van der Waals surface area contributed by atoms with E-state index < -0.39 is 0 Å². The molecule has 0 unspecified atom stereocenters. The van der Waals surface area contributed by atoms with Crippen molar-refractivity contribution in [1.82, 2.24) is 4.90 Å². The Morgan fingerprint density at radius 3 is 2.57 bits per heavy atom. The van der Waals surface area contributed by atoms with Crippen molar-refractivity contribution in [1.29, 1.82) is 0 Å². The Hall–Kier alpha value is -2.31. The van der Waals surface area contributed by atoms with Crippen LogP contribution in [0.4, 0.5) is 9.18 Å². The zero-order valence-corrected chi connectivity index (χ0v) is 17.0. The third-order valence-electron chi connectivity index (χ3n) is 4.28. The summed E-state index contributed by atoms with van der Waals surface area (Å²) in [6, 6.07) is 11.0. The smallest absolute Gasteiger partial charge is 0.293 e. The van der Waals surface area contributed by atoms with Crippen molar-refractivity contribution in [2.75, 3.05) is 0 Å². The van der Waals surface area contributed by atoms with Gasteiger partial charge in [-0.2, -0.15) is 0 Å². The van der Waals surface area contributed by atoms with Crippen molar-refractivity contribution < 1.29 is 18.7 Å². The summed E-state index contributed by atoms with van der Waals surface area (Å²) >= 11 is 7.15. The van der Waals surface area contributed by atoms with E-state index in [9.17, 15) is 14.0 Å². The molecule has 2 aromatic rings. The number of thioether (sulfide) groups is 1. The lowest BCUT2D eigenvalue weighted by Gasteiger charge is -2.14. The SMILES string of the molecule is CC[C@@H](C)Oc1ccc(/C=C2\SC(=O)N(Cc3ccc(F)cc3)C2=O)cc1Cl. The Morgan fingerprint density at radius 2 is 1.93 bits per heavy atom. The molecule has 2 aromatic carbocycles.